The maximum Gasteiger partial charge on any atom is 0.0859 e. The van der Waals surface area contributed by atoms with E-state index in [1.165, 1.54) is 11.8 Å². The summed E-state index contributed by atoms with van der Waals surface area (Å²) in [7, 11) is 0. The molecular weight excluding hydrogens is 190 g/mol. The van der Waals surface area contributed by atoms with Crippen LogP contribution in [0, 0.1) is 0 Å². The number of thioether (sulfide) groups is 1. The van der Waals surface area contributed by atoms with Gasteiger partial charge in [0.05, 0.1) is 30.1 Å². The zero-order chi connectivity index (χ0) is 9.84. The van der Waals surface area contributed by atoms with Crippen LogP contribution in [0.25, 0.3) is 0 Å². The van der Waals surface area contributed by atoms with E-state index < -0.39 is 12.2 Å². The highest BCUT2D eigenvalue weighted by Gasteiger charge is 2.36. The normalized spacial score (nSPS) is 40.6. The van der Waals surface area contributed by atoms with Crippen molar-refractivity contribution in [3.05, 3.63) is 0 Å². The average Bonchev–Trinajstić information content (AvgIpc) is 2.12. The molecule has 4 nitrogen and oxygen atoms in total. The molecule has 1 aliphatic heterocycles. The Labute approximate surface area is 82.3 Å². The lowest BCUT2D eigenvalue weighted by Gasteiger charge is -2.37. The third-order valence-corrected chi connectivity index (χ3v) is 3.58. The number of hydrogen-bond acceptors (Lipinski definition) is 5. The molecule has 0 spiro atoms. The first-order valence-corrected chi connectivity index (χ1v) is 5.57. The first-order chi connectivity index (χ1) is 6.20. The summed E-state index contributed by atoms with van der Waals surface area (Å²) in [5.74, 6) is 0.858. The summed E-state index contributed by atoms with van der Waals surface area (Å²) >= 11 is 1.54. The number of nitrogens with one attached hydrogen (secondary N) is 1. The molecule has 0 bridgehead atoms. The molecule has 0 aromatic carbocycles. The van der Waals surface area contributed by atoms with Crippen LogP contribution >= 0.6 is 11.8 Å². The molecule has 1 rings (SSSR count). The van der Waals surface area contributed by atoms with Crippen LogP contribution in [0.4, 0.5) is 0 Å². The van der Waals surface area contributed by atoms with Crippen molar-refractivity contribution in [2.24, 2.45) is 0 Å². The highest BCUT2D eigenvalue weighted by molar-refractivity contribution is 7.99. The number of hydrogen-bond donors (Lipinski definition) is 4. The summed E-state index contributed by atoms with van der Waals surface area (Å²) in [6.07, 6.45) is -1.19. The van der Waals surface area contributed by atoms with Gasteiger partial charge in [-0.2, -0.15) is 11.8 Å². The third-order valence-electron chi connectivity index (χ3n) is 2.27. The van der Waals surface area contributed by atoms with E-state index in [1.807, 2.05) is 6.92 Å². The monoisotopic (exact) mass is 207 g/mol. The Hall–Kier alpha value is 0.190. The van der Waals surface area contributed by atoms with E-state index in [0.29, 0.717) is 6.54 Å². The fraction of sp³-hybridized carbons (Fsp3) is 1.00. The van der Waals surface area contributed by atoms with Crippen molar-refractivity contribution in [1.82, 2.24) is 5.32 Å². The zero-order valence-electron chi connectivity index (χ0n) is 7.68. The Morgan fingerprint density at radius 3 is 2.69 bits per heavy atom. The molecule has 1 aliphatic rings. The van der Waals surface area contributed by atoms with Gasteiger partial charge in [0.15, 0.2) is 0 Å². The summed E-state index contributed by atoms with van der Waals surface area (Å²) in [6, 6.07) is -0.299. The lowest BCUT2D eigenvalue weighted by molar-refractivity contribution is 0.0134. The molecule has 1 unspecified atom stereocenters. The minimum atomic E-state index is -0.668. The fourth-order valence-electron chi connectivity index (χ4n) is 1.54. The first kappa shape index (κ1) is 11.3. The predicted octanol–water partition coefficient (Wildman–Crippen LogP) is -1.21. The zero-order valence-corrected chi connectivity index (χ0v) is 8.50. The summed E-state index contributed by atoms with van der Waals surface area (Å²) in [5, 5.41) is 30.9. The van der Waals surface area contributed by atoms with Crippen molar-refractivity contribution in [1.29, 1.82) is 0 Å². The predicted molar refractivity (Wildman–Crippen MR) is 52.8 cm³/mol. The van der Waals surface area contributed by atoms with Crippen LogP contribution in [-0.4, -0.2) is 57.7 Å². The summed E-state index contributed by atoms with van der Waals surface area (Å²) in [5.41, 5.74) is 0. The Kier molecular flexibility index (Phi) is 4.48. The SMILES string of the molecule is CCS[C@H]1[C@H](O)CNC(CO)[C@H]1O. The summed E-state index contributed by atoms with van der Waals surface area (Å²) < 4.78 is 0. The lowest BCUT2D eigenvalue weighted by atomic mass is 9.99. The van der Waals surface area contributed by atoms with Gasteiger partial charge in [0.2, 0.25) is 0 Å². The highest BCUT2D eigenvalue weighted by atomic mass is 32.2. The standard InChI is InChI=1S/C8H17NO3S/c1-2-13-8-6(11)3-9-5(4-10)7(8)12/h5-12H,2-4H2,1H3/t5?,6-,7-,8+/m1/s1. The molecule has 0 amide bonds. The maximum atomic E-state index is 9.73. The second-order valence-electron chi connectivity index (χ2n) is 3.18. The maximum absolute atomic E-state index is 9.73. The average molecular weight is 207 g/mol. The lowest BCUT2D eigenvalue weighted by Crippen LogP contribution is -2.59. The van der Waals surface area contributed by atoms with Gasteiger partial charge in [-0.15, -0.1) is 0 Å². The number of piperidine rings is 1. The van der Waals surface area contributed by atoms with Gasteiger partial charge in [-0.1, -0.05) is 6.92 Å². The van der Waals surface area contributed by atoms with Crippen LogP contribution in [0.2, 0.25) is 0 Å². The van der Waals surface area contributed by atoms with E-state index in [0.717, 1.165) is 5.75 Å². The van der Waals surface area contributed by atoms with E-state index in [1.54, 1.807) is 0 Å². The van der Waals surface area contributed by atoms with Gasteiger partial charge < -0.3 is 20.6 Å². The van der Waals surface area contributed by atoms with E-state index in [-0.39, 0.29) is 17.9 Å². The number of β-amino-alcohol motifs (C(OH)–C–C–N with tert-alkyl or cyclic N) is 1. The van der Waals surface area contributed by atoms with Crippen molar-refractivity contribution < 1.29 is 15.3 Å². The quantitative estimate of drug-likeness (QED) is 0.467. The Balaban J connectivity index is 2.55. The van der Waals surface area contributed by atoms with Crippen molar-refractivity contribution in [2.75, 3.05) is 18.9 Å². The summed E-state index contributed by atoms with van der Waals surface area (Å²) in [6.45, 7) is 2.34. The van der Waals surface area contributed by atoms with Crippen molar-refractivity contribution in [2.45, 2.75) is 30.4 Å². The second kappa shape index (κ2) is 5.17. The minimum Gasteiger partial charge on any atom is -0.395 e. The van der Waals surface area contributed by atoms with Gasteiger partial charge in [-0.25, -0.2) is 0 Å². The molecule has 1 heterocycles. The molecule has 4 atom stereocenters. The Morgan fingerprint density at radius 1 is 1.46 bits per heavy atom. The number of rotatable bonds is 3. The number of aliphatic hydroxyl groups is 3. The Bertz CT molecular complexity index is 158. The fourth-order valence-corrected chi connectivity index (χ4v) is 2.63. The largest absolute Gasteiger partial charge is 0.395 e. The molecule has 5 heteroatoms. The molecule has 0 aromatic rings. The van der Waals surface area contributed by atoms with Gasteiger partial charge in [-0.3, -0.25) is 0 Å². The highest BCUT2D eigenvalue weighted by Crippen LogP contribution is 2.23. The first-order valence-electron chi connectivity index (χ1n) is 4.52. The molecule has 0 saturated carbocycles. The van der Waals surface area contributed by atoms with Crippen LogP contribution in [0.5, 0.6) is 0 Å². The van der Waals surface area contributed by atoms with Gasteiger partial charge in [0.25, 0.3) is 0 Å². The van der Waals surface area contributed by atoms with Crippen LogP contribution in [0.1, 0.15) is 6.92 Å². The van der Waals surface area contributed by atoms with E-state index in [2.05, 4.69) is 5.32 Å². The van der Waals surface area contributed by atoms with E-state index in [4.69, 9.17) is 5.11 Å². The van der Waals surface area contributed by atoms with Crippen LogP contribution in [0.3, 0.4) is 0 Å². The van der Waals surface area contributed by atoms with Crippen LogP contribution < -0.4 is 5.32 Å². The smallest absolute Gasteiger partial charge is 0.0859 e. The molecule has 0 aromatic heterocycles. The van der Waals surface area contributed by atoms with E-state index >= 15 is 0 Å². The van der Waals surface area contributed by atoms with Crippen molar-refractivity contribution in [3.63, 3.8) is 0 Å². The molecule has 0 aliphatic carbocycles. The topological polar surface area (TPSA) is 72.7 Å². The number of aliphatic hydroxyl groups excluding tert-OH is 3. The molecule has 1 fully saturated rings. The van der Waals surface area contributed by atoms with Gasteiger partial charge in [-0.05, 0) is 5.75 Å². The Morgan fingerprint density at radius 2 is 2.15 bits per heavy atom. The van der Waals surface area contributed by atoms with Gasteiger partial charge in [0, 0.05) is 6.54 Å². The van der Waals surface area contributed by atoms with Crippen LogP contribution in [0.15, 0.2) is 0 Å². The molecule has 1 saturated heterocycles. The van der Waals surface area contributed by atoms with Gasteiger partial charge >= 0.3 is 0 Å². The van der Waals surface area contributed by atoms with Gasteiger partial charge in [0.1, 0.15) is 0 Å². The molecule has 78 valence electrons. The molecular formula is C8H17NO3S. The van der Waals surface area contributed by atoms with Crippen LogP contribution in [-0.2, 0) is 0 Å². The second-order valence-corrected chi connectivity index (χ2v) is 4.63. The molecule has 13 heavy (non-hydrogen) atoms. The van der Waals surface area contributed by atoms with Crippen molar-refractivity contribution in [3.8, 4) is 0 Å². The molecule has 0 radical (unpaired) electrons. The minimum absolute atomic E-state index is 0.0886. The van der Waals surface area contributed by atoms with E-state index in [9.17, 15) is 10.2 Å². The third kappa shape index (κ3) is 2.57. The van der Waals surface area contributed by atoms with Crippen molar-refractivity contribution >= 4 is 11.8 Å². The molecule has 4 N–H and O–H groups in total. The summed E-state index contributed by atoms with van der Waals surface area (Å²) in [4.78, 5) is 0.